The molecule has 0 aliphatic heterocycles. The fourth-order valence-corrected chi connectivity index (χ4v) is 1.58. The second kappa shape index (κ2) is 7.98. The molecule has 0 unspecified atom stereocenters. The summed E-state index contributed by atoms with van der Waals surface area (Å²) in [4.78, 5) is 0. The van der Waals surface area contributed by atoms with E-state index in [0.29, 0.717) is 31.8 Å². The molecule has 0 rings (SSSR count). The Balaban J connectivity index is 5.44. The molecule has 0 heterocycles. The molecular weight excluding hydrogens is 341 g/mol. The maximum absolute atomic E-state index is 13.5. The summed E-state index contributed by atoms with van der Waals surface area (Å²) >= 11 is 3.91. The number of ether oxygens (including phenoxy) is 1. The van der Waals surface area contributed by atoms with Crippen LogP contribution in [0, 0.1) is 6.10 Å². The molecule has 0 bridgehead atoms. The standard InChI is InChI=1S/C12H15F7O2S/c1-20-8(5-3-4-6-22)7-9(21-2)10(13,14)11(15,16)12(17,18)19/h7,22H,1,3-6H2,2H3/b9-7-. The van der Waals surface area contributed by atoms with Crippen molar-refractivity contribution in [3.63, 3.8) is 0 Å². The first-order chi connectivity index (χ1) is 9.95. The van der Waals surface area contributed by atoms with Gasteiger partial charge >= 0.3 is 18.0 Å². The Hall–Kier alpha value is -1.06. The van der Waals surface area contributed by atoms with Gasteiger partial charge in [0.05, 0.1) is 12.9 Å². The minimum Gasteiger partial charge on any atom is -0.551 e. The van der Waals surface area contributed by atoms with Gasteiger partial charge in [0.1, 0.15) is 0 Å². The predicted octanol–water partition coefficient (Wildman–Crippen LogP) is 4.35. The van der Waals surface area contributed by atoms with E-state index in [1.54, 1.807) is 0 Å². The summed E-state index contributed by atoms with van der Waals surface area (Å²) in [6.07, 6.45) is -5.50. The summed E-state index contributed by atoms with van der Waals surface area (Å²) in [5, 5.41) is 0. The average molecular weight is 356 g/mol. The van der Waals surface area contributed by atoms with Gasteiger partial charge in [0.2, 0.25) is 6.10 Å². The molecule has 22 heavy (non-hydrogen) atoms. The lowest BCUT2D eigenvalue weighted by atomic mass is 10.1. The van der Waals surface area contributed by atoms with Crippen LogP contribution in [0.1, 0.15) is 19.3 Å². The van der Waals surface area contributed by atoms with Crippen LogP contribution >= 0.6 is 12.6 Å². The van der Waals surface area contributed by atoms with Crippen molar-refractivity contribution in [3.8, 4) is 0 Å². The van der Waals surface area contributed by atoms with Crippen LogP contribution in [0.5, 0.6) is 0 Å². The molecule has 2 nitrogen and oxygen atoms in total. The van der Waals surface area contributed by atoms with Crippen LogP contribution in [0.3, 0.4) is 0 Å². The number of alkyl halides is 7. The number of hydrogen-bond donors (Lipinski definition) is 1. The third-order valence-corrected chi connectivity index (χ3v) is 2.90. The molecule has 0 radical (unpaired) electrons. The highest BCUT2D eigenvalue weighted by molar-refractivity contribution is 7.80. The van der Waals surface area contributed by atoms with Crippen molar-refractivity contribution < 1.29 is 39.9 Å². The third-order valence-electron chi connectivity index (χ3n) is 2.59. The Bertz CT molecular complexity index is 393. The number of halogens is 7. The first kappa shape index (κ1) is 20.9. The number of rotatable bonds is 9. The molecule has 0 amide bonds. The van der Waals surface area contributed by atoms with E-state index in [4.69, 9.17) is 0 Å². The number of methoxy groups -OCH3 is 1. The van der Waals surface area contributed by atoms with E-state index in [-0.39, 0.29) is 12.5 Å². The minimum absolute atomic E-state index is 0.00455. The van der Waals surface area contributed by atoms with E-state index in [1.165, 1.54) is 0 Å². The van der Waals surface area contributed by atoms with Crippen molar-refractivity contribution in [2.45, 2.75) is 37.3 Å². The van der Waals surface area contributed by atoms with Gasteiger partial charge in [0.15, 0.2) is 6.79 Å². The first-order valence-electron chi connectivity index (χ1n) is 5.93. The quantitative estimate of drug-likeness (QED) is 0.163. The molecule has 0 saturated heterocycles. The maximum Gasteiger partial charge on any atom is 0.459 e. The van der Waals surface area contributed by atoms with Crippen LogP contribution < -0.4 is 0 Å². The molecule has 0 aromatic rings. The van der Waals surface area contributed by atoms with Gasteiger partial charge in [0.25, 0.3) is 0 Å². The lowest BCUT2D eigenvalue weighted by Crippen LogP contribution is -2.53. The molecule has 0 spiro atoms. The van der Waals surface area contributed by atoms with Gasteiger partial charge in [-0.25, -0.2) is 8.78 Å². The topological polar surface area (TPSA) is 20.5 Å². The van der Waals surface area contributed by atoms with E-state index >= 15 is 0 Å². The van der Waals surface area contributed by atoms with Crippen LogP contribution in [0.25, 0.3) is 0 Å². The fraction of sp³-hybridized carbons (Fsp3) is 0.667. The molecular formula is C12H15F7O2S. The summed E-state index contributed by atoms with van der Waals surface area (Å²) in [7, 11) is 0.556. The van der Waals surface area contributed by atoms with Gasteiger partial charge in [-0.15, -0.1) is 0 Å². The second-order valence-electron chi connectivity index (χ2n) is 4.15. The Labute approximate surface area is 128 Å². The van der Waals surface area contributed by atoms with Gasteiger partial charge in [-0.2, -0.15) is 34.6 Å². The summed E-state index contributed by atoms with van der Waals surface area (Å²) in [6, 6.07) is 0. The molecule has 0 N–H and O–H groups in total. The van der Waals surface area contributed by atoms with Gasteiger partial charge in [-0.3, -0.25) is 0 Å². The van der Waals surface area contributed by atoms with Crippen molar-refractivity contribution in [3.05, 3.63) is 17.9 Å². The molecule has 0 atom stereocenters. The molecule has 0 aromatic carbocycles. The van der Waals surface area contributed by atoms with Crippen molar-refractivity contribution in [2.75, 3.05) is 12.9 Å². The Morgan fingerprint density at radius 3 is 2.09 bits per heavy atom. The Morgan fingerprint density at radius 2 is 1.73 bits per heavy atom. The largest absolute Gasteiger partial charge is 0.551 e. The smallest absolute Gasteiger partial charge is 0.459 e. The van der Waals surface area contributed by atoms with Gasteiger partial charge in [0, 0.05) is 6.42 Å². The summed E-state index contributed by atoms with van der Waals surface area (Å²) < 4.78 is 97.7. The van der Waals surface area contributed by atoms with Crippen molar-refractivity contribution >= 4 is 19.4 Å². The van der Waals surface area contributed by atoms with Crippen LogP contribution in [0.4, 0.5) is 30.7 Å². The Kier molecular flexibility index (Phi) is 7.60. The second-order valence-corrected chi connectivity index (χ2v) is 4.60. The van der Waals surface area contributed by atoms with Gasteiger partial charge in [-0.1, -0.05) is 6.42 Å². The van der Waals surface area contributed by atoms with Crippen LogP contribution in [0.2, 0.25) is 0 Å². The number of thiol groups is 1. The minimum atomic E-state index is -6.44. The van der Waals surface area contributed by atoms with E-state index in [0.717, 1.165) is 0 Å². The SMILES string of the molecule is C=[O+][C-](/C=C(\OC)C(F)(F)C(F)(F)C(F)(F)F)CCCCS. The number of hydrogen-bond acceptors (Lipinski definition) is 2. The van der Waals surface area contributed by atoms with E-state index in [1.807, 2.05) is 0 Å². The lowest BCUT2D eigenvalue weighted by Gasteiger charge is -2.31. The zero-order chi connectivity index (χ0) is 17.6. The third kappa shape index (κ3) is 4.72. The highest BCUT2D eigenvalue weighted by atomic mass is 32.1. The van der Waals surface area contributed by atoms with Crippen molar-refractivity contribution in [1.29, 1.82) is 0 Å². The fourth-order valence-electron chi connectivity index (χ4n) is 1.35. The zero-order valence-electron chi connectivity index (χ0n) is 11.5. The number of allylic oxidation sites excluding steroid dienone is 1. The highest BCUT2D eigenvalue weighted by Gasteiger charge is 2.73. The van der Waals surface area contributed by atoms with Crippen LogP contribution in [-0.4, -0.2) is 37.7 Å². The van der Waals surface area contributed by atoms with Gasteiger partial charge in [-0.05, 0) is 18.2 Å². The summed E-state index contributed by atoms with van der Waals surface area (Å²) in [5.41, 5.74) is 0. The zero-order valence-corrected chi connectivity index (χ0v) is 12.4. The molecule has 10 heteroatoms. The van der Waals surface area contributed by atoms with Gasteiger partial charge < -0.3 is 9.16 Å². The number of unbranched alkanes of at least 4 members (excludes halogenated alkanes) is 1. The van der Waals surface area contributed by atoms with Crippen molar-refractivity contribution in [2.24, 2.45) is 0 Å². The van der Waals surface area contributed by atoms with E-state index in [2.05, 4.69) is 28.6 Å². The number of carbonyl (C=O) groups excluding carboxylic acids is 1. The van der Waals surface area contributed by atoms with E-state index in [9.17, 15) is 30.7 Å². The monoisotopic (exact) mass is 356 g/mol. The first-order valence-corrected chi connectivity index (χ1v) is 6.56. The van der Waals surface area contributed by atoms with Crippen LogP contribution in [-0.2, 0) is 9.16 Å². The Morgan fingerprint density at radius 1 is 1.18 bits per heavy atom. The summed E-state index contributed by atoms with van der Waals surface area (Å²) in [6.45, 7) is 2.93. The molecule has 0 aliphatic carbocycles. The molecule has 130 valence electrons. The normalized spacial score (nSPS) is 14.0. The maximum atomic E-state index is 13.5. The lowest BCUT2D eigenvalue weighted by molar-refractivity contribution is -0.425. The predicted molar refractivity (Wildman–Crippen MR) is 69.1 cm³/mol. The molecule has 0 aromatic heterocycles. The average Bonchev–Trinajstić information content (AvgIpc) is 2.40. The van der Waals surface area contributed by atoms with E-state index < -0.39 is 23.8 Å². The van der Waals surface area contributed by atoms with Crippen LogP contribution in [0.15, 0.2) is 11.8 Å². The molecule has 0 aliphatic rings. The molecule has 0 fully saturated rings. The summed E-state index contributed by atoms with van der Waals surface area (Å²) in [5.74, 6) is -13.3. The molecule has 0 saturated carbocycles. The highest BCUT2D eigenvalue weighted by Crippen LogP contribution is 2.50. The van der Waals surface area contributed by atoms with Crippen molar-refractivity contribution in [1.82, 2.24) is 0 Å².